The topological polar surface area (TPSA) is 56.6 Å². The molecule has 4 aromatic rings. The molecule has 0 aliphatic rings. The molecule has 0 aliphatic heterocycles. The minimum atomic E-state index is -0.0117. The Labute approximate surface area is 188 Å². The highest BCUT2D eigenvalue weighted by atomic mass is 16.5. The van der Waals surface area contributed by atoms with Gasteiger partial charge in [0.25, 0.3) is 5.91 Å². The first-order chi connectivity index (χ1) is 15.6. The molecule has 0 saturated carbocycles. The van der Waals surface area contributed by atoms with Crippen LogP contribution < -0.4 is 9.47 Å². The molecule has 0 atom stereocenters. The Morgan fingerprint density at radius 3 is 2.50 bits per heavy atom. The quantitative estimate of drug-likeness (QED) is 0.391. The summed E-state index contributed by atoms with van der Waals surface area (Å²) in [7, 11) is 1.62. The molecule has 164 valence electrons. The molecule has 0 bridgehead atoms. The lowest BCUT2D eigenvalue weighted by Gasteiger charge is -2.22. The second kappa shape index (κ2) is 9.56. The van der Waals surface area contributed by atoms with Gasteiger partial charge in [-0.3, -0.25) is 9.36 Å². The minimum absolute atomic E-state index is 0.0117. The molecular weight excluding hydrogens is 402 g/mol. The average molecular weight is 430 g/mol. The number of benzene rings is 3. The number of nitrogens with zero attached hydrogens (tertiary/aromatic N) is 3. The molecule has 1 aromatic heterocycles. The van der Waals surface area contributed by atoms with Gasteiger partial charge in [0, 0.05) is 24.3 Å². The van der Waals surface area contributed by atoms with E-state index < -0.39 is 0 Å². The van der Waals surface area contributed by atoms with Gasteiger partial charge in [0.15, 0.2) is 11.5 Å². The number of carbonyl (C=O) groups is 1. The van der Waals surface area contributed by atoms with Gasteiger partial charge in [0.1, 0.15) is 6.33 Å². The number of para-hydroxylation sites is 2. The van der Waals surface area contributed by atoms with E-state index in [0.29, 0.717) is 36.8 Å². The van der Waals surface area contributed by atoms with Crippen molar-refractivity contribution in [1.29, 1.82) is 0 Å². The standard InChI is InChI=1S/C26H27N3O3/c1-4-28(17-19-10-15-24(32-5-2)25(16-19)31-3)26(30)20-11-13-21(14-12-20)29-18-27-22-8-6-7-9-23(22)29/h6-16,18H,4-5,17H2,1-3H3. The van der Waals surface area contributed by atoms with E-state index in [1.165, 1.54) is 0 Å². The minimum Gasteiger partial charge on any atom is -0.493 e. The van der Waals surface area contributed by atoms with Gasteiger partial charge in [-0.1, -0.05) is 18.2 Å². The second-order valence-electron chi connectivity index (χ2n) is 7.39. The van der Waals surface area contributed by atoms with Crippen LogP contribution in [0.2, 0.25) is 0 Å². The lowest BCUT2D eigenvalue weighted by molar-refractivity contribution is 0.0752. The summed E-state index contributed by atoms with van der Waals surface area (Å²) in [5, 5.41) is 0. The molecule has 0 aliphatic carbocycles. The number of amides is 1. The first kappa shape index (κ1) is 21.4. The Hall–Kier alpha value is -3.80. The Kier molecular flexibility index (Phi) is 6.40. The van der Waals surface area contributed by atoms with Crippen LogP contribution in [0.1, 0.15) is 29.8 Å². The smallest absolute Gasteiger partial charge is 0.254 e. The highest BCUT2D eigenvalue weighted by molar-refractivity contribution is 5.94. The van der Waals surface area contributed by atoms with Crippen LogP contribution in [-0.2, 0) is 6.54 Å². The maximum atomic E-state index is 13.2. The SMILES string of the molecule is CCOc1ccc(CN(CC)C(=O)c2ccc(-n3cnc4ccccc43)cc2)cc1OC. The van der Waals surface area contributed by atoms with Gasteiger partial charge in [-0.25, -0.2) is 4.98 Å². The van der Waals surface area contributed by atoms with Crippen LogP contribution in [0.15, 0.2) is 73.1 Å². The fourth-order valence-corrected chi connectivity index (χ4v) is 3.74. The van der Waals surface area contributed by atoms with Crippen molar-refractivity contribution in [3.8, 4) is 17.2 Å². The third-order valence-electron chi connectivity index (χ3n) is 5.42. The molecule has 0 radical (unpaired) electrons. The Morgan fingerprint density at radius 1 is 1.00 bits per heavy atom. The van der Waals surface area contributed by atoms with Gasteiger partial charge in [0.2, 0.25) is 0 Å². The zero-order valence-corrected chi connectivity index (χ0v) is 18.6. The highest BCUT2D eigenvalue weighted by Gasteiger charge is 2.16. The molecule has 6 nitrogen and oxygen atoms in total. The van der Waals surface area contributed by atoms with Crippen LogP contribution in [0.4, 0.5) is 0 Å². The normalized spacial score (nSPS) is 10.8. The number of rotatable bonds is 8. The number of hydrogen-bond donors (Lipinski definition) is 0. The summed E-state index contributed by atoms with van der Waals surface area (Å²) < 4.78 is 13.1. The molecule has 4 rings (SSSR count). The molecule has 0 saturated heterocycles. The molecule has 0 unspecified atom stereocenters. The van der Waals surface area contributed by atoms with Crippen LogP contribution in [0, 0.1) is 0 Å². The first-order valence-corrected chi connectivity index (χ1v) is 10.8. The van der Waals surface area contributed by atoms with Crippen LogP contribution in [-0.4, -0.2) is 40.6 Å². The van der Waals surface area contributed by atoms with Crippen LogP contribution in [0.3, 0.4) is 0 Å². The van der Waals surface area contributed by atoms with Crippen LogP contribution in [0.5, 0.6) is 11.5 Å². The lowest BCUT2D eigenvalue weighted by Crippen LogP contribution is -2.30. The van der Waals surface area contributed by atoms with Gasteiger partial charge in [-0.2, -0.15) is 0 Å². The molecule has 0 N–H and O–H groups in total. The average Bonchev–Trinajstić information content (AvgIpc) is 3.27. The second-order valence-corrected chi connectivity index (χ2v) is 7.39. The van der Waals surface area contributed by atoms with Gasteiger partial charge in [-0.15, -0.1) is 0 Å². The zero-order valence-electron chi connectivity index (χ0n) is 18.6. The molecule has 1 amide bonds. The van der Waals surface area contributed by atoms with Crippen LogP contribution in [0.25, 0.3) is 16.7 Å². The third-order valence-corrected chi connectivity index (χ3v) is 5.42. The molecule has 1 heterocycles. The number of imidazole rings is 1. The molecule has 6 heteroatoms. The van der Waals surface area contributed by atoms with E-state index in [0.717, 1.165) is 22.3 Å². The van der Waals surface area contributed by atoms with Crippen molar-refractivity contribution in [2.75, 3.05) is 20.3 Å². The van der Waals surface area contributed by atoms with Crippen molar-refractivity contribution in [2.45, 2.75) is 20.4 Å². The number of hydrogen-bond acceptors (Lipinski definition) is 4. The number of fused-ring (bicyclic) bond motifs is 1. The van der Waals surface area contributed by atoms with E-state index in [4.69, 9.17) is 9.47 Å². The van der Waals surface area contributed by atoms with Crippen molar-refractivity contribution in [1.82, 2.24) is 14.5 Å². The largest absolute Gasteiger partial charge is 0.493 e. The summed E-state index contributed by atoms with van der Waals surface area (Å²) in [6.07, 6.45) is 1.80. The summed E-state index contributed by atoms with van der Waals surface area (Å²) in [5.74, 6) is 1.36. The van der Waals surface area contributed by atoms with Crippen molar-refractivity contribution >= 4 is 16.9 Å². The van der Waals surface area contributed by atoms with Crippen molar-refractivity contribution in [3.63, 3.8) is 0 Å². The van der Waals surface area contributed by atoms with Gasteiger partial charge < -0.3 is 14.4 Å². The summed E-state index contributed by atoms with van der Waals surface area (Å²) in [4.78, 5) is 19.4. The predicted molar refractivity (Wildman–Crippen MR) is 126 cm³/mol. The highest BCUT2D eigenvalue weighted by Crippen LogP contribution is 2.29. The van der Waals surface area contributed by atoms with Crippen molar-refractivity contribution in [2.24, 2.45) is 0 Å². The van der Waals surface area contributed by atoms with Gasteiger partial charge >= 0.3 is 0 Å². The van der Waals surface area contributed by atoms with Crippen molar-refractivity contribution in [3.05, 3.63) is 84.2 Å². The maximum absolute atomic E-state index is 13.2. The molecular formula is C26H27N3O3. The summed E-state index contributed by atoms with van der Waals surface area (Å²) in [6.45, 7) is 5.58. The van der Waals surface area contributed by atoms with Gasteiger partial charge in [0.05, 0.1) is 24.8 Å². The van der Waals surface area contributed by atoms with Crippen LogP contribution >= 0.6 is 0 Å². The number of ether oxygens (including phenoxy) is 2. The van der Waals surface area contributed by atoms with E-state index >= 15 is 0 Å². The molecule has 0 fully saturated rings. The lowest BCUT2D eigenvalue weighted by atomic mass is 10.1. The summed E-state index contributed by atoms with van der Waals surface area (Å²) in [5.41, 5.74) is 4.58. The van der Waals surface area contributed by atoms with Gasteiger partial charge in [-0.05, 0) is 67.9 Å². The Morgan fingerprint density at radius 2 is 1.78 bits per heavy atom. The Bertz CT molecular complexity index is 1210. The monoisotopic (exact) mass is 429 g/mol. The zero-order chi connectivity index (χ0) is 22.5. The van der Waals surface area contributed by atoms with E-state index in [1.54, 1.807) is 13.4 Å². The third kappa shape index (κ3) is 4.30. The van der Waals surface area contributed by atoms with E-state index in [-0.39, 0.29) is 5.91 Å². The van der Waals surface area contributed by atoms with E-state index in [2.05, 4.69) is 4.98 Å². The molecule has 32 heavy (non-hydrogen) atoms. The number of aromatic nitrogens is 2. The summed E-state index contributed by atoms with van der Waals surface area (Å²) >= 11 is 0. The van der Waals surface area contributed by atoms with E-state index in [1.807, 2.05) is 90.0 Å². The molecule has 0 spiro atoms. The predicted octanol–water partition coefficient (Wildman–Crippen LogP) is 5.10. The first-order valence-electron chi connectivity index (χ1n) is 10.8. The van der Waals surface area contributed by atoms with E-state index in [9.17, 15) is 4.79 Å². The fourth-order valence-electron chi connectivity index (χ4n) is 3.74. The maximum Gasteiger partial charge on any atom is 0.254 e. The summed E-state index contributed by atoms with van der Waals surface area (Å²) in [6, 6.07) is 21.4. The fraction of sp³-hybridized carbons (Fsp3) is 0.231. The number of carbonyl (C=O) groups excluding carboxylic acids is 1. The number of methoxy groups -OCH3 is 1. The molecule has 3 aromatic carbocycles. The Balaban J connectivity index is 1.52. The van der Waals surface area contributed by atoms with Crippen molar-refractivity contribution < 1.29 is 14.3 Å².